The number of para-hydroxylation sites is 1. The van der Waals surface area contributed by atoms with E-state index in [1.165, 1.54) is 11.0 Å². The molecular formula is C13H10INO3. The van der Waals surface area contributed by atoms with Crippen LogP contribution in [0.3, 0.4) is 0 Å². The van der Waals surface area contributed by atoms with Gasteiger partial charge in [0, 0.05) is 22.5 Å². The summed E-state index contributed by atoms with van der Waals surface area (Å²) in [6, 6.07) is 4.93. The van der Waals surface area contributed by atoms with Gasteiger partial charge >= 0.3 is 5.97 Å². The lowest BCUT2D eigenvalue weighted by Crippen LogP contribution is -2.27. The summed E-state index contributed by atoms with van der Waals surface area (Å²) in [7, 11) is 0. The summed E-state index contributed by atoms with van der Waals surface area (Å²) in [5.74, 6) is 1.24. The van der Waals surface area contributed by atoms with Gasteiger partial charge in [-0.25, -0.2) is 4.79 Å². The highest BCUT2D eigenvalue weighted by Gasteiger charge is 2.32. The Labute approximate surface area is 118 Å². The summed E-state index contributed by atoms with van der Waals surface area (Å²) >= 11 is 2.03. The molecule has 0 aromatic heterocycles. The lowest BCUT2D eigenvalue weighted by molar-refractivity contribution is -0.117. The van der Waals surface area contributed by atoms with Crippen molar-refractivity contribution in [3.05, 3.63) is 27.3 Å². The second-order valence-corrected chi connectivity index (χ2v) is 5.18. The van der Waals surface area contributed by atoms with Crippen LogP contribution < -0.4 is 4.90 Å². The van der Waals surface area contributed by atoms with Crippen molar-refractivity contribution in [3.63, 3.8) is 0 Å². The molecule has 1 amide bonds. The van der Waals surface area contributed by atoms with Crippen LogP contribution in [0, 0.1) is 21.8 Å². The Kier molecular flexibility index (Phi) is 3.57. The van der Waals surface area contributed by atoms with Crippen LogP contribution in [0.1, 0.15) is 16.8 Å². The summed E-state index contributed by atoms with van der Waals surface area (Å²) in [4.78, 5) is 24.6. The van der Waals surface area contributed by atoms with Gasteiger partial charge in [-0.1, -0.05) is 6.07 Å². The Morgan fingerprint density at radius 2 is 2.28 bits per heavy atom. The van der Waals surface area contributed by atoms with Crippen LogP contribution in [0.4, 0.5) is 5.69 Å². The molecule has 0 bridgehead atoms. The number of nitrogens with zero attached hydrogens (tertiary/aromatic N) is 1. The molecule has 0 aliphatic carbocycles. The molecule has 2 rings (SSSR count). The third kappa shape index (κ3) is 2.20. The van der Waals surface area contributed by atoms with Crippen LogP contribution in [-0.4, -0.2) is 23.5 Å². The van der Waals surface area contributed by atoms with E-state index in [0.717, 1.165) is 3.57 Å². The van der Waals surface area contributed by atoms with Gasteiger partial charge in [0.25, 0.3) is 0 Å². The van der Waals surface area contributed by atoms with Crippen molar-refractivity contribution in [3.8, 4) is 12.3 Å². The maximum atomic E-state index is 11.9. The molecular weight excluding hydrogens is 345 g/mol. The molecule has 1 N–H and O–H groups in total. The van der Waals surface area contributed by atoms with Crippen LogP contribution in [0.2, 0.25) is 0 Å². The molecule has 92 valence electrons. The molecule has 1 aliphatic rings. The Hall–Kier alpha value is -1.55. The van der Waals surface area contributed by atoms with Gasteiger partial charge in [-0.05, 0) is 34.7 Å². The lowest BCUT2D eigenvalue weighted by atomic mass is 10.1. The van der Waals surface area contributed by atoms with Crippen molar-refractivity contribution >= 4 is 40.2 Å². The van der Waals surface area contributed by atoms with Crippen LogP contribution in [0.5, 0.6) is 0 Å². The molecule has 1 fully saturated rings. The molecule has 1 aromatic carbocycles. The van der Waals surface area contributed by atoms with E-state index < -0.39 is 5.97 Å². The van der Waals surface area contributed by atoms with Crippen molar-refractivity contribution < 1.29 is 14.7 Å². The van der Waals surface area contributed by atoms with Gasteiger partial charge < -0.3 is 10.0 Å². The van der Waals surface area contributed by atoms with E-state index in [1.54, 1.807) is 12.1 Å². The highest BCUT2D eigenvalue weighted by Crippen LogP contribution is 2.32. The van der Waals surface area contributed by atoms with Gasteiger partial charge in [-0.15, -0.1) is 12.3 Å². The number of halogens is 1. The molecule has 4 nitrogen and oxygen atoms in total. The third-order valence-electron chi connectivity index (χ3n) is 2.85. The van der Waals surface area contributed by atoms with Gasteiger partial charge in [-0.2, -0.15) is 0 Å². The molecule has 1 aliphatic heterocycles. The minimum absolute atomic E-state index is 0.121. The fourth-order valence-corrected chi connectivity index (χ4v) is 2.79. The maximum Gasteiger partial charge on any atom is 0.337 e. The first-order valence-electron chi connectivity index (χ1n) is 5.33. The Balaban J connectivity index is 2.49. The summed E-state index contributed by atoms with van der Waals surface area (Å²) < 4.78 is 0.735. The molecule has 1 heterocycles. The SMILES string of the molecule is C#CC1CC(=O)N(c2c(I)cccc2C(=O)O)C1. The van der Waals surface area contributed by atoms with Crippen LogP contribution in [0.15, 0.2) is 18.2 Å². The zero-order valence-electron chi connectivity index (χ0n) is 9.39. The number of carbonyl (C=O) groups is 2. The number of carboxylic acids is 1. The average Bonchev–Trinajstić information content (AvgIpc) is 2.70. The molecule has 1 aromatic rings. The number of amides is 1. The second-order valence-electron chi connectivity index (χ2n) is 4.01. The monoisotopic (exact) mass is 355 g/mol. The first kappa shape index (κ1) is 12.9. The Bertz CT molecular complexity index is 562. The van der Waals surface area contributed by atoms with E-state index in [-0.39, 0.29) is 23.8 Å². The molecule has 1 unspecified atom stereocenters. The molecule has 0 spiro atoms. The first-order chi connectivity index (χ1) is 8.54. The molecule has 1 saturated heterocycles. The topological polar surface area (TPSA) is 57.6 Å². The summed E-state index contributed by atoms with van der Waals surface area (Å²) in [6.07, 6.45) is 5.60. The average molecular weight is 355 g/mol. The first-order valence-corrected chi connectivity index (χ1v) is 6.40. The number of hydrogen-bond donors (Lipinski definition) is 1. The van der Waals surface area contributed by atoms with Crippen molar-refractivity contribution in [1.29, 1.82) is 0 Å². The standard InChI is InChI=1S/C13H10INO3/c1-2-8-6-11(16)15(7-8)12-9(13(17)18)4-3-5-10(12)14/h1,3-5,8H,6-7H2,(H,17,18). The minimum atomic E-state index is -1.04. The zero-order chi connectivity index (χ0) is 13.3. The molecule has 5 heteroatoms. The maximum absolute atomic E-state index is 11.9. The fraction of sp³-hybridized carbons (Fsp3) is 0.231. The Morgan fingerprint density at radius 3 is 2.83 bits per heavy atom. The normalized spacial score (nSPS) is 18.8. The predicted molar refractivity (Wildman–Crippen MR) is 75.4 cm³/mol. The third-order valence-corrected chi connectivity index (χ3v) is 3.72. The number of terminal acetylenes is 1. The largest absolute Gasteiger partial charge is 0.478 e. The fourth-order valence-electron chi connectivity index (χ4n) is 2.00. The predicted octanol–water partition coefficient (Wildman–Crippen LogP) is 1.98. The van der Waals surface area contributed by atoms with Crippen LogP contribution >= 0.6 is 22.6 Å². The van der Waals surface area contributed by atoms with Gasteiger partial charge in [0.05, 0.1) is 11.3 Å². The van der Waals surface area contributed by atoms with Gasteiger partial charge in [0.2, 0.25) is 5.91 Å². The summed E-state index contributed by atoms with van der Waals surface area (Å²) in [6.45, 7) is 0.385. The van der Waals surface area contributed by atoms with Crippen molar-refractivity contribution in [1.82, 2.24) is 0 Å². The second kappa shape index (κ2) is 4.98. The Morgan fingerprint density at radius 1 is 1.56 bits per heavy atom. The lowest BCUT2D eigenvalue weighted by Gasteiger charge is -2.20. The molecule has 0 radical (unpaired) electrons. The van der Waals surface area contributed by atoms with E-state index in [2.05, 4.69) is 5.92 Å². The van der Waals surface area contributed by atoms with E-state index in [9.17, 15) is 14.7 Å². The minimum Gasteiger partial charge on any atom is -0.478 e. The van der Waals surface area contributed by atoms with Crippen LogP contribution in [0.25, 0.3) is 0 Å². The highest BCUT2D eigenvalue weighted by molar-refractivity contribution is 14.1. The van der Waals surface area contributed by atoms with Gasteiger partial charge in [-0.3, -0.25) is 4.79 Å². The summed E-state index contributed by atoms with van der Waals surface area (Å²) in [5.41, 5.74) is 0.585. The number of aromatic carboxylic acids is 1. The smallest absolute Gasteiger partial charge is 0.337 e. The zero-order valence-corrected chi connectivity index (χ0v) is 11.5. The number of anilines is 1. The van der Waals surface area contributed by atoms with Crippen molar-refractivity contribution in [2.45, 2.75) is 6.42 Å². The highest BCUT2D eigenvalue weighted by atomic mass is 127. The molecule has 1 atom stereocenters. The quantitative estimate of drug-likeness (QED) is 0.652. The van der Waals surface area contributed by atoms with Crippen molar-refractivity contribution in [2.24, 2.45) is 5.92 Å². The number of benzene rings is 1. The van der Waals surface area contributed by atoms with E-state index >= 15 is 0 Å². The molecule has 18 heavy (non-hydrogen) atoms. The van der Waals surface area contributed by atoms with E-state index in [1.807, 2.05) is 22.6 Å². The number of rotatable bonds is 2. The van der Waals surface area contributed by atoms with Gasteiger partial charge in [0.15, 0.2) is 0 Å². The number of carbonyl (C=O) groups excluding carboxylic acids is 1. The van der Waals surface area contributed by atoms with E-state index in [4.69, 9.17) is 6.42 Å². The molecule has 0 saturated carbocycles. The van der Waals surface area contributed by atoms with Crippen molar-refractivity contribution in [2.75, 3.05) is 11.4 Å². The van der Waals surface area contributed by atoms with Gasteiger partial charge in [0.1, 0.15) is 0 Å². The summed E-state index contributed by atoms with van der Waals surface area (Å²) in [5, 5.41) is 9.18. The number of carboxylic acid groups (broad SMARTS) is 1. The van der Waals surface area contributed by atoms with E-state index in [0.29, 0.717) is 12.2 Å². The van der Waals surface area contributed by atoms with Crippen LogP contribution in [-0.2, 0) is 4.79 Å². The number of hydrogen-bond acceptors (Lipinski definition) is 2.